The van der Waals surface area contributed by atoms with Crippen LogP contribution >= 0.6 is 0 Å². The second-order valence-electron chi connectivity index (χ2n) is 4.87. The van der Waals surface area contributed by atoms with Gasteiger partial charge in [0.05, 0.1) is 6.54 Å². The smallest absolute Gasteiger partial charge is 0.248 e. The zero-order valence-corrected chi connectivity index (χ0v) is 11.4. The van der Waals surface area contributed by atoms with E-state index in [-0.39, 0.29) is 5.91 Å². The maximum Gasteiger partial charge on any atom is 0.248 e. The number of nitrogens with two attached hydrogens (primary N) is 1. The molecule has 0 aromatic heterocycles. The van der Waals surface area contributed by atoms with E-state index in [0.717, 1.165) is 31.7 Å². The molecule has 1 fully saturated rings. The number of carbonyl (C=O) groups excluding carboxylic acids is 2. The van der Waals surface area contributed by atoms with E-state index in [1.165, 1.54) is 0 Å². The molecule has 2 amide bonds. The van der Waals surface area contributed by atoms with Crippen LogP contribution < -0.4 is 16.4 Å². The lowest BCUT2D eigenvalue weighted by Crippen LogP contribution is -2.47. The van der Waals surface area contributed by atoms with Crippen molar-refractivity contribution in [1.82, 2.24) is 15.5 Å². The first-order valence-electron chi connectivity index (χ1n) is 6.73. The highest BCUT2D eigenvalue weighted by atomic mass is 16.2. The van der Waals surface area contributed by atoms with Gasteiger partial charge in [0.2, 0.25) is 11.8 Å². The van der Waals surface area contributed by atoms with Crippen molar-refractivity contribution in [2.75, 3.05) is 32.7 Å². The van der Waals surface area contributed by atoms with Crippen LogP contribution in [-0.4, -0.2) is 49.4 Å². The average molecular weight is 276 g/mol. The summed E-state index contributed by atoms with van der Waals surface area (Å²) in [4.78, 5) is 25.0. The summed E-state index contributed by atoms with van der Waals surface area (Å²) in [5, 5.41) is 6.10. The fourth-order valence-electron chi connectivity index (χ4n) is 2.16. The molecule has 2 rings (SSSR count). The molecular formula is C14H20N4O2. The van der Waals surface area contributed by atoms with Crippen molar-refractivity contribution in [2.24, 2.45) is 5.73 Å². The minimum atomic E-state index is -0.459. The van der Waals surface area contributed by atoms with Crippen molar-refractivity contribution in [3.05, 3.63) is 35.4 Å². The van der Waals surface area contributed by atoms with Crippen LogP contribution in [-0.2, 0) is 11.3 Å². The average Bonchev–Trinajstić information content (AvgIpc) is 2.46. The van der Waals surface area contributed by atoms with E-state index < -0.39 is 5.91 Å². The van der Waals surface area contributed by atoms with E-state index in [4.69, 9.17) is 5.73 Å². The van der Waals surface area contributed by atoms with Crippen molar-refractivity contribution < 1.29 is 9.59 Å². The number of hydrogen-bond donors (Lipinski definition) is 3. The Kier molecular flexibility index (Phi) is 5.09. The van der Waals surface area contributed by atoms with Gasteiger partial charge in [-0.25, -0.2) is 0 Å². The fourth-order valence-corrected chi connectivity index (χ4v) is 2.16. The van der Waals surface area contributed by atoms with Gasteiger partial charge in [-0.05, 0) is 17.7 Å². The number of rotatable bonds is 5. The molecule has 1 aliphatic heterocycles. The Balaban J connectivity index is 1.80. The molecular weight excluding hydrogens is 256 g/mol. The van der Waals surface area contributed by atoms with Gasteiger partial charge in [-0.2, -0.15) is 0 Å². The lowest BCUT2D eigenvalue weighted by Gasteiger charge is -2.26. The predicted octanol–water partition coefficient (Wildman–Crippen LogP) is -0.693. The van der Waals surface area contributed by atoms with Gasteiger partial charge in [-0.15, -0.1) is 0 Å². The minimum absolute atomic E-state index is 0.00335. The van der Waals surface area contributed by atoms with Crippen LogP contribution in [0.3, 0.4) is 0 Å². The maximum absolute atomic E-state index is 11.8. The fraction of sp³-hybridized carbons (Fsp3) is 0.429. The number of primary amides is 1. The number of amides is 2. The first-order chi connectivity index (χ1) is 9.65. The molecule has 0 radical (unpaired) electrons. The van der Waals surface area contributed by atoms with Crippen LogP contribution in [0.1, 0.15) is 15.9 Å². The topological polar surface area (TPSA) is 87.5 Å². The van der Waals surface area contributed by atoms with E-state index in [2.05, 4.69) is 15.5 Å². The van der Waals surface area contributed by atoms with Crippen LogP contribution in [0.5, 0.6) is 0 Å². The van der Waals surface area contributed by atoms with Gasteiger partial charge in [0, 0.05) is 38.3 Å². The van der Waals surface area contributed by atoms with Crippen molar-refractivity contribution in [3.8, 4) is 0 Å². The molecule has 108 valence electrons. The molecule has 0 saturated carbocycles. The Labute approximate surface area is 118 Å². The quantitative estimate of drug-likeness (QED) is 0.664. The molecule has 1 saturated heterocycles. The maximum atomic E-state index is 11.8. The third-order valence-electron chi connectivity index (χ3n) is 3.28. The Hall–Kier alpha value is -1.92. The lowest BCUT2D eigenvalue weighted by atomic mass is 10.1. The van der Waals surface area contributed by atoms with Crippen LogP contribution in [0.4, 0.5) is 0 Å². The number of hydrogen-bond acceptors (Lipinski definition) is 4. The lowest BCUT2D eigenvalue weighted by molar-refractivity contribution is -0.122. The standard InChI is InChI=1S/C14H20N4O2/c15-14(20)12-3-1-2-11(8-12)9-17-13(19)10-18-6-4-16-5-7-18/h1-3,8,16H,4-7,9-10H2,(H2,15,20)(H,17,19). The molecule has 1 aromatic carbocycles. The Morgan fingerprint density at radius 1 is 1.30 bits per heavy atom. The van der Waals surface area contributed by atoms with E-state index in [1.807, 2.05) is 6.07 Å². The normalized spacial score (nSPS) is 15.8. The second-order valence-corrected chi connectivity index (χ2v) is 4.87. The highest BCUT2D eigenvalue weighted by Gasteiger charge is 2.13. The Bertz CT molecular complexity index is 484. The molecule has 1 heterocycles. The SMILES string of the molecule is NC(=O)c1cccc(CNC(=O)CN2CCNCC2)c1. The Morgan fingerprint density at radius 3 is 2.75 bits per heavy atom. The van der Waals surface area contributed by atoms with Gasteiger partial charge >= 0.3 is 0 Å². The third kappa shape index (κ3) is 4.32. The summed E-state index contributed by atoms with van der Waals surface area (Å²) < 4.78 is 0. The molecule has 20 heavy (non-hydrogen) atoms. The molecule has 6 nitrogen and oxygen atoms in total. The first kappa shape index (κ1) is 14.5. The molecule has 1 aliphatic rings. The monoisotopic (exact) mass is 276 g/mol. The summed E-state index contributed by atoms with van der Waals surface area (Å²) in [5.74, 6) is -0.463. The largest absolute Gasteiger partial charge is 0.366 e. The molecule has 4 N–H and O–H groups in total. The van der Waals surface area contributed by atoms with Gasteiger partial charge in [-0.3, -0.25) is 14.5 Å². The summed E-state index contributed by atoms with van der Waals surface area (Å²) in [6.07, 6.45) is 0. The van der Waals surface area contributed by atoms with Crippen LogP contribution in [0.15, 0.2) is 24.3 Å². The number of nitrogens with zero attached hydrogens (tertiary/aromatic N) is 1. The van der Waals surface area contributed by atoms with Crippen molar-refractivity contribution >= 4 is 11.8 Å². The molecule has 1 aromatic rings. The van der Waals surface area contributed by atoms with Crippen molar-refractivity contribution in [2.45, 2.75) is 6.54 Å². The molecule has 0 unspecified atom stereocenters. The van der Waals surface area contributed by atoms with Crippen LogP contribution in [0, 0.1) is 0 Å². The molecule has 0 atom stereocenters. The highest BCUT2D eigenvalue weighted by molar-refractivity contribution is 5.92. The number of carbonyl (C=O) groups is 2. The predicted molar refractivity (Wildman–Crippen MR) is 76.1 cm³/mol. The van der Waals surface area contributed by atoms with E-state index in [0.29, 0.717) is 18.7 Å². The summed E-state index contributed by atoms with van der Waals surface area (Å²) in [6.45, 7) is 4.46. The van der Waals surface area contributed by atoms with E-state index in [1.54, 1.807) is 18.2 Å². The van der Waals surface area contributed by atoms with Crippen LogP contribution in [0.2, 0.25) is 0 Å². The third-order valence-corrected chi connectivity index (χ3v) is 3.28. The molecule has 0 spiro atoms. The van der Waals surface area contributed by atoms with Crippen LogP contribution in [0.25, 0.3) is 0 Å². The Morgan fingerprint density at radius 2 is 2.05 bits per heavy atom. The summed E-state index contributed by atoms with van der Waals surface area (Å²) in [6, 6.07) is 6.98. The first-order valence-corrected chi connectivity index (χ1v) is 6.73. The van der Waals surface area contributed by atoms with Gasteiger partial charge in [0.1, 0.15) is 0 Å². The summed E-state index contributed by atoms with van der Waals surface area (Å²) in [7, 11) is 0. The highest BCUT2D eigenvalue weighted by Crippen LogP contribution is 2.04. The van der Waals surface area contributed by atoms with E-state index >= 15 is 0 Å². The molecule has 0 aliphatic carbocycles. The number of benzene rings is 1. The summed E-state index contributed by atoms with van der Waals surface area (Å²) in [5.41, 5.74) is 6.55. The minimum Gasteiger partial charge on any atom is -0.366 e. The van der Waals surface area contributed by atoms with Gasteiger partial charge in [0.15, 0.2) is 0 Å². The molecule has 6 heteroatoms. The number of nitrogens with one attached hydrogen (secondary N) is 2. The van der Waals surface area contributed by atoms with Gasteiger partial charge < -0.3 is 16.4 Å². The zero-order chi connectivity index (χ0) is 14.4. The second kappa shape index (κ2) is 7.02. The van der Waals surface area contributed by atoms with Crippen molar-refractivity contribution in [3.63, 3.8) is 0 Å². The van der Waals surface area contributed by atoms with E-state index in [9.17, 15) is 9.59 Å². The molecule has 0 bridgehead atoms. The zero-order valence-electron chi connectivity index (χ0n) is 11.4. The van der Waals surface area contributed by atoms with Crippen molar-refractivity contribution in [1.29, 1.82) is 0 Å². The summed E-state index contributed by atoms with van der Waals surface area (Å²) >= 11 is 0. The van der Waals surface area contributed by atoms with Gasteiger partial charge in [-0.1, -0.05) is 12.1 Å². The van der Waals surface area contributed by atoms with Gasteiger partial charge in [0.25, 0.3) is 0 Å². The number of piperazine rings is 1.